The minimum absolute atomic E-state index is 0.260. The maximum absolute atomic E-state index is 13.3. The minimum atomic E-state index is -1.46. The lowest BCUT2D eigenvalue weighted by Crippen LogP contribution is -1.97. The van der Waals surface area contributed by atoms with Crippen molar-refractivity contribution in [3.63, 3.8) is 0 Å². The summed E-state index contributed by atoms with van der Waals surface area (Å²) in [4.78, 5) is 2.82. The SMILES string of the molecule is CCCCc1ccc(C#Cc2cc(F)c(F)nc2F)cc1. The summed E-state index contributed by atoms with van der Waals surface area (Å²) in [6.07, 6.45) is 3.26. The third kappa shape index (κ3) is 4.09. The van der Waals surface area contributed by atoms with Gasteiger partial charge in [-0.3, -0.25) is 0 Å². The summed E-state index contributed by atoms with van der Waals surface area (Å²) in [6, 6.07) is 8.27. The van der Waals surface area contributed by atoms with Crippen molar-refractivity contribution in [2.45, 2.75) is 26.2 Å². The van der Waals surface area contributed by atoms with Crippen LogP contribution in [-0.4, -0.2) is 4.98 Å². The van der Waals surface area contributed by atoms with Crippen LogP contribution < -0.4 is 0 Å². The average molecular weight is 289 g/mol. The van der Waals surface area contributed by atoms with Crippen LogP contribution in [0.2, 0.25) is 0 Å². The van der Waals surface area contributed by atoms with E-state index in [1.807, 2.05) is 24.3 Å². The van der Waals surface area contributed by atoms with Gasteiger partial charge >= 0.3 is 0 Å². The van der Waals surface area contributed by atoms with Crippen LogP contribution in [-0.2, 0) is 6.42 Å². The Labute approximate surface area is 121 Å². The molecule has 0 radical (unpaired) electrons. The van der Waals surface area contributed by atoms with Gasteiger partial charge in [-0.25, -0.2) is 4.39 Å². The van der Waals surface area contributed by atoms with E-state index >= 15 is 0 Å². The molecule has 0 N–H and O–H groups in total. The lowest BCUT2D eigenvalue weighted by molar-refractivity contribution is 0.446. The molecule has 0 fully saturated rings. The summed E-state index contributed by atoms with van der Waals surface area (Å²) in [6.45, 7) is 2.13. The van der Waals surface area contributed by atoms with Crippen LogP contribution >= 0.6 is 0 Å². The molecule has 2 aromatic rings. The summed E-state index contributed by atoms with van der Waals surface area (Å²) in [5.41, 5.74) is 1.63. The predicted octanol–water partition coefficient (Wildman–Crippen LogP) is 4.24. The van der Waals surface area contributed by atoms with Crippen molar-refractivity contribution in [2.24, 2.45) is 0 Å². The fraction of sp³-hybridized carbons (Fsp3) is 0.235. The summed E-state index contributed by atoms with van der Waals surface area (Å²) in [5.74, 6) is 1.40. The lowest BCUT2D eigenvalue weighted by Gasteiger charge is -1.99. The third-order valence-corrected chi connectivity index (χ3v) is 3.00. The Morgan fingerprint density at radius 2 is 1.71 bits per heavy atom. The second-order valence-electron chi connectivity index (χ2n) is 4.65. The van der Waals surface area contributed by atoms with E-state index in [2.05, 4.69) is 23.7 Å². The van der Waals surface area contributed by atoms with E-state index in [0.29, 0.717) is 11.6 Å². The second-order valence-corrected chi connectivity index (χ2v) is 4.65. The number of rotatable bonds is 3. The zero-order valence-corrected chi connectivity index (χ0v) is 11.6. The van der Waals surface area contributed by atoms with Gasteiger partial charge in [-0.05, 0) is 36.6 Å². The first-order valence-electron chi connectivity index (χ1n) is 6.72. The number of aromatic nitrogens is 1. The minimum Gasteiger partial charge on any atom is -0.202 e. The van der Waals surface area contributed by atoms with Crippen molar-refractivity contribution in [3.8, 4) is 11.8 Å². The Bertz CT molecular complexity index is 682. The van der Waals surface area contributed by atoms with Crippen LogP contribution in [0.25, 0.3) is 0 Å². The molecule has 0 saturated heterocycles. The number of hydrogen-bond donors (Lipinski definition) is 0. The molecule has 0 unspecified atom stereocenters. The molecule has 0 spiro atoms. The molecule has 21 heavy (non-hydrogen) atoms. The van der Waals surface area contributed by atoms with Gasteiger partial charge in [0.05, 0.1) is 5.56 Å². The van der Waals surface area contributed by atoms with Crippen molar-refractivity contribution in [2.75, 3.05) is 0 Å². The Kier molecular flexibility index (Phi) is 4.99. The zero-order chi connectivity index (χ0) is 15.2. The molecule has 2 rings (SSSR count). The van der Waals surface area contributed by atoms with Gasteiger partial charge in [-0.15, -0.1) is 0 Å². The number of halogens is 3. The summed E-state index contributed by atoms with van der Waals surface area (Å²) in [5, 5.41) is 0. The Hall–Kier alpha value is -2.28. The molecular formula is C17H14F3N. The summed E-state index contributed by atoms with van der Waals surface area (Å²) in [7, 11) is 0. The maximum Gasteiger partial charge on any atom is 0.251 e. The van der Waals surface area contributed by atoms with Gasteiger partial charge in [-0.1, -0.05) is 37.3 Å². The summed E-state index contributed by atoms with van der Waals surface area (Å²) < 4.78 is 39.0. The highest BCUT2D eigenvalue weighted by Crippen LogP contribution is 2.10. The first kappa shape index (κ1) is 15.1. The Morgan fingerprint density at radius 3 is 2.38 bits per heavy atom. The Balaban J connectivity index is 2.17. The normalized spacial score (nSPS) is 10.1. The van der Waals surface area contributed by atoms with Crippen molar-refractivity contribution in [1.29, 1.82) is 0 Å². The largest absolute Gasteiger partial charge is 0.251 e. The van der Waals surface area contributed by atoms with Gasteiger partial charge in [0.25, 0.3) is 5.95 Å². The van der Waals surface area contributed by atoms with Crippen LogP contribution in [0.3, 0.4) is 0 Å². The van der Waals surface area contributed by atoms with E-state index in [1.165, 1.54) is 5.56 Å². The number of hydrogen-bond acceptors (Lipinski definition) is 1. The number of pyridine rings is 1. The van der Waals surface area contributed by atoms with Crippen LogP contribution in [0, 0.1) is 29.6 Å². The highest BCUT2D eigenvalue weighted by atomic mass is 19.2. The number of nitrogens with zero attached hydrogens (tertiary/aromatic N) is 1. The maximum atomic E-state index is 13.3. The van der Waals surface area contributed by atoms with Crippen molar-refractivity contribution >= 4 is 0 Å². The lowest BCUT2D eigenvalue weighted by atomic mass is 10.1. The quantitative estimate of drug-likeness (QED) is 0.608. The molecule has 1 nitrogen and oxygen atoms in total. The number of aryl methyl sites for hydroxylation is 1. The molecule has 108 valence electrons. The number of unbranched alkanes of at least 4 members (excludes halogenated alkanes) is 1. The first-order valence-corrected chi connectivity index (χ1v) is 6.72. The summed E-state index contributed by atoms with van der Waals surface area (Å²) >= 11 is 0. The van der Waals surface area contributed by atoms with E-state index in [4.69, 9.17) is 0 Å². The van der Waals surface area contributed by atoms with E-state index < -0.39 is 17.7 Å². The van der Waals surface area contributed by atoms with E-state index in [-0.39, 0.29) is 5.56 Å². The van der Waals surface area contributed by atoms with E-state index in [9.17, 15) is 13.2 Å². The van der Waals surface area contributed by atoms with Crippen molar-refractivity contribution in [3.05, 3.63) is 64.7 Å². The predicted molar refractivity (Wildman–Crippen MR) is 75.1 cm³/mol. The topological polar surface area (TPSA) is 12.9 Å². The van der Waals surface area contributed by atoms with Gasteiger partial charge in [0.2, 0.25) is 5.95 Å². The molecule has 0 bridgehead atoms. The van der Waals surface area contributed by atoms with Gasteiger partial charge in [0.15, 0.2) is 5.82 Å². The van der Waals surface area contributed by atoms with Gasteiger partial charge in [0, 0.05) is 5.56 Å². The molecule has 0 aliphatic heterocycles. The zero-order valence-electron chi connectivity index (χ0n) is 11.6. The molecular weight excluding hydrogens is 275 g/mol. The van der Waals surface area contributed by atoms with Crippen LogP contribution in [0.4, 0.5) is 13.2 Å². The smallest absolute Gasteiger partial charge is 0.202 e. The molecule has 4 heteroatoms. The van der Waals surface area contributed by atoms with Gasteiger partial charge in [0.1, 0.15) is 0 Å². The van der Waals surface area contributed by atoms with Crippen LogP contribution in [0.5, 0.6) is 0 Å². The highest BCUT2D eigenvalue weighted by molar-refractivity contribution is 5.43. The Morgan fingerprint density at radius 1 is 1.00 bits per heavy atom. The fourth-order valence-electron chi connectivity index (χ4n) is 1.81. The molecule has 0 atom stereocenters. The molecule has 1 heterocycles. The molecule has 0 amide bonds. The van der Waals surface area contributed by atoms with E-state index in [1.54, 1.807) is 0 Å². The van der Waals surface area contributed by atoms with Crippen molar-refractivity contribution in [1.82, 2.24) is 4.98 Å². The third-order valence-electron chi connectivity index (χ3n) is 3.00. The molecule has 1 aromatic carbocycles. The van der Waals surface area contributed by atoms with Crippen molar-refractivity contribution < 1.29 is 13.2 Å². The first-order chi connectivity index (χ1) is 10.1. The number of benzene rings is 1. The van der Waals surface area contributed by atoms with Crippen LogP contribution in [0.15, 0.2) is 30.3 Å². The second kappa shape index (κ2) is 6.94. The van der Waals surface area contributed by atoms with Crippen LogP contribution in [0.1, 0.15) is 36.5 Å². The van der Waals surface area contributed by atoms with E-state index in [0.717, 1.165) is 19.3 Å². The molecule has 1 aromatic heterocycles. The highest BCUT2D eigenvalue weighted by Gasteiger charge is 2.09. The molecule has 0 saturated carbocycles. The monoisotopic (exact) mass is 289 g/mol. The standard InChI is InChI=1S/C17H14F3N/c1-2-3-4-12-5-7-13(8-6-12)9-10-14-11-15(18)17(20)21-16(14)19/h5-8,11H,2-4H2,1H3. The van der Waals surface area contributed by atoms with Gasteiger partial charge < -0.3 is 0 Å². The van der Waals surface area contributed by atoms with Gasteiger partial charge in [-0.2, -0.15) is 13.8 Å². The average Bonchev–Trinajstić information content (AvgIpc) is 2.48. The molecule has 0 aliphatic rings. The molecule has 0 aliphatic carbocycles. The fourth-order valence-corrected chi connectivity index (χ4v) is 1.81.